The molecule has 0 fully saturated rings. The average Bonchev–Trinajstić information content (AvgIpc) is 2.86. The van der Waals surface area contributed by atoms with Crippen LogP contribution in [0.2, 0.25) is 0 Å². The fraction of sp³-hybridized carbons (Fsp3) is 0.417. The molecule has 0 nitrogen and oxygen atoms in total. The maximum Gasteiger partial charge on any atom is 0.00411 e. The summed E-state index contributed by atoms with van der Waals surface area (Å²) in [4.78, 5) is 0. The summed E-state index contributed by atoms with van der Waals surface area (Å²) in [6.45, 7) is 22.1. The molecule has 132 valence electrons. The van der Waals surface area contributed by atoms with Crippen molar-refractivity contribution in [3.05, 3.63) is 84.1 Å². The first-order chi connectivity index (χ1) is 11.7. The molecule has 0 saturated heterocycles. The van der Waals surface area contributed by atoms with Gasteiger partial charge in [0.1, 0.15) is 0 Å². The Kier molecular flexibility index (Phi) is 11.6. The molecular weight excluding hydrogens is 288 g/mol. The summed E-state index contributed by atoms with van der Waals surface area (Å²) in [7, 11) is 0. The number of hydrogen-bond acceptors (Lipinski definition) is 0. The minimum absolute atomic E-state index is 0.449. The maximum atomic E-state index is 4.04. The van der Waals surface area contributed by atoms with Crippen molar-refractivity contribution in [3.63, 3.8) is 0 Å². The van der Waals surface area contributed by atoms with Gasteiger partial charge in [-0.05, 0) is 48.0 Å². The molecule has 0 aliphatic heterocycles. The van der Waals surface area contributed by atoms with E-state index in [1.165, 1.54) is 48.0 Å². The zero-order valence-electron chi connectivity index (χ0n) is 16.5. The molecule has 1 unspecified atom stereocenters. The molecule has 0 saturated carbocycles. The molecule has 0 aromatic carbocycles. The quantitative estimate of drug-likeness (QED) is 0.461. The minimum Gasteiger partial charge on any atom is -0.0990 e. The van der Waals surface area contributed by atoms with Gasteiger partial charge in [0.15, 0.2) is 0 Å². The molecular formula is C24H36. The fourth-order valence-corrected chi connectivity index (χ4v) is 3.31. The molecule has 0 aromatic heterocycles. The van der Waals surface area contributed by atoms with Crippen molar-refractivity contribution < 1.29 is 0 Å². The van der Waals surface area contributed by atoms with Crippen LogP contribution in [0.3, 0.4) is 0 Å². The Labute approximate surface area is 150 Å². The van der Waals surface area contributed by atoms with Crippen molar-refractivity contribution in [2.24, 2.45) is 5.92 Å². The topological polar surface area (TPSA) is 0 Å². The molecule has 2 aliphatic carbocycles. The molecule has 0 spiro atoms. The van der Waals surface area contributed by atoms with Crippen molar-refractivity contribution >= 4 is 0 Å². The predicted octanol–water partition coefficient (Wildman–Crippen LogP) is 7.90. The van der Waals surface area contributed by atoms with Crippen LogP contribution in [-0.2, 0) is 0 Å². The van der Waals surface area contributed by atoms with Crippen LogP contribution in [0.4, 0.5) is 0 Å². The summed E-state index contributed by atoms with van der Waals surface area (Å²) in [5.41, 5.74) is 6.74. The molecule has 0 N–H and O–H groups in total. The van der Waals surface area contributed by atoms with Crippen molar-refractivity contribution in [3.8, 4) is 0 Å². The predicted molar refractivity (Wildman–Crippen MR) is 112 cm³/mol. The van der Waals surface area contributed by atoms with Gasteiger partial charge in [0.05, 0.1) is 0 Å². The lowest BCUT2D eigenvalue weighted by Gasteiger charge is -2.16. The molecule has 0 heterocycles. The van der Waals surface area contributed by atoms with Crippen LogP contribution in [-0.4, -0.2) is 0 Å². The normalized spacial score (nSPS) is 21.2. The summed E-state index contributed by atoms with van der Waals surface area (Å²) >= 11 is 0. The second kappa shape index (κ2) is 12.6. The van der Waals surface area contributed by atoms with Crippen molar-refractivity contribution in [2.45, 2.75) is 60.3 Å². The van der Waals surface area contributed by atoms with E-state index in [1.807, 2.05) is 52.0 Å². The smallest absolute Gasteiger partial charge is 0.00411 e. The highest BCUT2D eigenvalue weighted by molar-refractivity contribution is 5.65. The van der Waals surface area contributed by atoms with Gasteiger partial charge in [0.2, 0.25) is 0 Å². The largest absolute Gasteiger partial charge is 0.0990 e. The van der Waals surface area contributed by atoms with Crippen LogP contribution in [0, 0.1) is 5.92 Å². The van der Waals surface area contributed by atoms with Gasteiger partial charge < -0.3 is 0 Å². The van der Waals surface area contributed by atoms with Gasteiger partial charge >= 0.3 is 0 Å². The van der Waals surface area contributed by atoms with Gasteiger partial charge in [-0.3, -0.25) is 0 Å². The van der Waals surface area contributed by atoms with E-state index in [0.717, 1.165) is 0 Å². The van der Waals surface area contributed by atoms with Crippen molar-refractivity contribution in [1.82, 2.24) is 0 Å². The highest BCUT2D eigenvalue weighted by atomic mass is 14.3. The Morgan fingerprint density at radius 2 is 1.75 bits per heavy atom. The third-order valence-electron chi connectivity index (χ3n) is 4.27. The Balaban J connectivity index is 0.00000123. The Morgan fingerprint density at radius 1 is 1.08 bits per heavy atom. The number of allylic oxidation sites excluding steroid dienone is 11. The van der Waals surface area contributed by atoms with Crippen LogP contribution in [0.25, 0.3) is 0 Å². The Hall–Kier alpha value is -1.82. The maximum absolute atomic E-state index is 4.04. The molecule has 0 radical (unpaired) electrons. The summed E-state index contributed by atoms with van der Waals surface area (Å²) in [6, 6.07) is 0. The van der Waals surface area contributed by atoms with Crippen molar-refractivity contribution in [1.29, 1.82) is 0 Å². The van der Waals surface area contributed by atoms with Gasteiger partial charge in [0.25, 0.3) is 0 Å². The summed E-state index contributed by atoms with van der Waals surface area (Å²) in [5.74, 6) is 0.449. The van der Waals surface area contributed by atoms with Gasteiger partial charge in [-0.1, -0.05) is 96.4 Å². The first-order valence-electron chi connectivity index (χ1n) is 9.46. The summed E-state index contributed by atoms with van der Waals surface area (Å²) in [6.07, 6.45) is 17.4. The van der Waals surface area contributed by atoms with Crippen LogP contribution in [0.5, 0.6) is 0 Å². The summed E-state index contributed by atoms with van der Waals surface area (Å²) < 4.78 is 0. The van der Waals surface area contributed by atoms with Crippen LogP contribution >= 0.6 is 0 Å². The van der Waals surface area contributed by atoms with E-state index < -0.39 is 0 Å². The van der Waals surface area contributed by atoms with Crippen molar-refractivity contribution in [2.75, 3.05) is 0 Å². The van der Waals surface area contributed by atoms with E-state index >= 15 is 0 Å². The van der Waals surface area contributed by atoms with Gasteiger partial charge in [0, 0.05) is 5.92 Å². The molecule has 24 heavy (non-hydrogen) atoms. The SMILES string of the molecule is C=C/C=C(/C=C)C1=C(C=C)C2=C(CCCC/C=C\2)C1C.CC.CC. The third kappa shape index (κ3) is 5.09. The first-order valence-corrected chi connectivity index (χ1v) is 9.46. The molecule has 2 aliphatic rings. The van der Waals surface area contributed by atoms with E-state index in [9.17, 15) is 0 Å². The van der Waals surface area contributed by atoms with Crippen LogP contribution < -0.4 is 0 Å². The number of hydrogen-bond donors (Lipinski definition) is 0. The standard InChI is InChI=1S/C20H24.2C2H6/c1-5-12-16(6-2)20-15(4)18-13-10-8-9-11-14-19(18)17(20)7-3;2*1-2/h5-7,11-12,14-15H,1-3,8-10,13H2,4H3;2*1-2H3/b14-11-,16-12-;;. The molecule has 1 atom stereocenters. The van der Waals surface area contributed by atoms with E-state index in [0.29, 0.717) is 5.92 Å². The van der Waals surface area contributed by atoms with E-state index in [1.54, 1.807) is 5.57 Å². The third-order valence-corrected chi connectivity index (χ3v) is 4.27. The number of rotatable bonds is 4. The minimum atomic E-state index is 0.449. The second-order valence-electron chi connectivity index (χ2n) is 5.40. The van der Waals surface area contributed by atoms with E-state index in [2.05, 4.69) is 38.8 Å². The Morgan fingerprint density at radius 3 is 2.29 bits per heavy atom. The lowest BCUT2D eigenvalue weighted by Crippen LogP contribution is -2.02. The second-order valence-corrected chi connectivity index (χ2v) is 5.40. The fourth-order valence-electron chi connectivity index (χ4n) is 3.31. The van der Waals surface area contributed by atoms with Gasteiger partial charge in [-0.25, -0.2) is 0 Å². The monoisotopic (exact) mass is 324 g/mol. The van der Waals surface area contributed by atoms with E-state index in [4.69, 9.17) is 0 Å². The average molecular weight is 325 g/mol. The molecule has 0 bridgehead atoms. The van der Waals surface area contributed by atoms with Gasteiger partial charge in [-0.15, -0.1) is 0 Å². The highest BCUT2D eigenvalue weighted by Gasteiger charge is 2.29. The zero-order valence-corrected chi connectivity index (χ0v) is 16.5. The lowest BCUT2D eigenvalue weighted by molar-refractivity contribution is 0.680. The lowest BCUT2D eigenvalue weighted by atomic mass is 9.88. The highest BCUT2D eigenvalue weighted by Crippen LogP contribution is 2.44. The Bertz CT molecular complexity index is 547. The molecule has 0 amide bonds. The van der Waals surface area contributed by atoms with Crippen LogP contribution in [0.15, 0.2) is 84.1 Å². The van der Waals surface area contributed by atoms with Gasteiger partial charge in [-0.2, -0.15) is 0 Å². The summed E-state index contributed by atoms with van der Waals surface area (Å²) in [5, 5.41) is 0. The molecule has 0 aromatic rings. The molecule has 0 heteroatoms. The first kappa shape index (κ1) is 22.2. The van der Waals surface area contributed by atoms with E-state index in [-0.39, 0.29) is 0 Å². The van der Waals surface area contributed by atoms with Crippen LogP contribution in [0.1, 0.15) is 60.3 Å². The molecule has 2 rings (SSSR count). The zero-order chi connectivity index (χ0) is 18.5.